The zero-order valence-corrected chi connectivity index (χ0v) is 25.6. The van der Waals surface area contributed by atoms with Gasteiger partial charge in [-0.1, -0.05) is 35.9 Å². The van der Waals surface area contributed by atoms with Crippen molar-refractivity contribution >= 4 is 41.1 Å². The monoisotopic (exact) mass is 647 g/mol. The molecule has 2 heterocycles. The molecule has 15 heteroatoms. The Hall–Kier alpha value is -4.59. The number of carbonyl (C=O) groups is 3. The number of amides is 4. The third-order valence-electron chi connectivity index (χ3n) is 6.66. The molecule has 0 saturated carbocycles. The quantitative estimate of drug-likeness (QED) is 0.262. The molecule has 2 aromatic carbocycles. The molecule has 0 radical (unpaired) electrons. The van der Waals surface area contributed by atoms with Gasteiger partial charge in [-0.25, -0.2) is 19.6 Å². The van der Waals surface area contributed by atoms with Gasteiger partial charge in [-0.05, 0) is 57.4 Å². The number of halogens is 4. The Balaban J connectivity index is 1.35. The predicted octanol–water partition coefficient (Wildman–Crippen LogP) is 5.85. The summed E-state index contributed by atoms with van der Waals surface area (Å²) in [6.07, 6.45) is -2.32. The largest absolute Gasteiger partial charge is 0.444 e. The summed E-state index contributed by atoms with van der Waals surface area (Å²) in [6.45, 7) is 6.26. The van der Waals surface area contributed by atoms with Crippen molar-refractivity contribution in [3.05, 3.63) is 70.5 Å². The second-order valence-corrected chi connectivity index (χ2v) is 11.8. The average Bonchev–Trinajstić information content (AvgIpc) is 2.96. The minimum atomic E-state index is -4.66. The number of benzene rings is 2. The lowest BCUT2D eigenvalue weighted by Crippen LogP contribution is -2.50. The van der Waals surface area contributed by atoms with Gasteiger partial charge < -0.3 is 31.3 Å². The summed E-state index contributed by atoms with van der Waals surface area (Å²) in [6, 6.07) is 8.91. The topological polar surface area (TPSA) is 152 Å². The number of aromatic nitrogens is 2. The zero-order valence-electron chi connectivity index (χ0n) is 24.8. The number of likely N-dealkylation sites (tertiary alicyclic amines) is 1. The maximum absolute atomic E-state index is 13.1. The molecule has 240 valence electrons. The van der Waals surface area contributed by atoms with Crippen LogP contribution in [0.15, 0.2) is 48.7 Å². The fourth-order valence-corrected chi connectivity index (χ4v) is 4.74. The van der Waals surface area contributed by atoms with Crippen LogP contribution in [0.25, 0.3) is 11.3 Å². The van der Waals surface area contributed by atoms with E-state index in [0.717, 1.165) is 12.1 Å². The predicted molar refractivity (Wildman–Crippen MR) is 162 cm³/mol. The lowest BCUT2D eigenvalue weighted by atomic mass is 10.1. The minimum absolute atomic E-state index is 0.0501. The van der Waals surface area contributed by atoms with E-state index in [1.807, 2.05) is 0 Å². The van der Waals surface area contributed by atoms with Gasteiger partial charge in [-0.3, -0.25) is 4.79 Å². The van der Waals surface area contributed by atoms with Gasteiger partial charge >= 0.3 is 18.3 Å². The molecule has 1 saturated heterocycles. The molecule has 0 bridgehead atoms. The fraction of sp³-hybridized carbons (Fsp3) is 0.367. The number of nitrogens with zero attached hydrogens (tertiary/aromatic N) is 3. The van der Waals surface area contributed by atoms with Crippen molar-refractivity contribution in [3.63, 3.8) is 0 Å². The van der Waals surface area contributed by atoms with Gasteiger partial charge in [0.05, 0.1) is 22.5 Å². The second-order valence-electron chi connectivity index (χ2n) is 11.4. The van der Waals surface area contributed by atoms with Crippen LogP contribution in [0, 0.1) is 0 Å². The molecule has 0 spiro atoms. The third-order valence-corrected chi connectivity index (χ3v) is 6.99. The first-order valence-corrected chi connectivity index (χ1v) is 14.4. The van der Waals surface area contributed by atoms with Gasteiger partial charge in [0.1, 0.15) is 5.60 Å². The molecule has 1 fully saturated rings. The van der Waals surface area contributed by atoms with Crippen LogP contribution < -0.4 is 21.7 Å². The van der Waals surface area contributed by atoms with E-state index >= 15 is 0 Å². The number of nitrogens with one attached hydrogen (secondary N) is 3. The number of nitrogen functional groups attached to an aromatic ring is 1. The number of urea groups is 1. The minimum Gasteiger partial charge on any atom is -0.444 e. The molecule has 1 aliphatic heterocycles. The van der Waals surface area contributed by atoms with Crippen LogP contribution in [0.2, 0.25) is 5.02 Å². The molecule has 1 aromatic heterocycles. The van der Waals surface area contributed by atoms with E-state index < -0.39 is 40.4 Å². The second kappa shape index (κ2) is 13.6. The maximum Gasteiger partial charge on any atom is 0.417 e. The number of piperidine rings is 1. The first-order chi connectivity index (χ1) is 21.1. The lowest BCUT2D eigenvalue weighted by molar-refractivity contribution is -0.137. The molecule has 4 amide bonds. The van der Waals surface area contributed by atoms with Gasteiger partial charge in [0.2, 0.25) is 0 Å². The van der Waals surface area contributed by atoms with Crippen molar-refractivity contribution in [2.75, 3.05) is 24.1 Å². The summed E-state index contributed by atoms with van der Waals surface area (Å²) in [5.41, 5.74) is 5.87. The fourth-order valence-electron chi connectivity index (χ4n) is 4.52. The van der Waals surface area contributed by atoms with Crippen molar-refractivity contribution in [2.45, 2.75) is 58.0 Å². The van der Waals surface area contributed by atoms with E-state index in [1.54, 1.807) is 49.9 Å². The van der Waals surface area contributed by atoms with Gasteiger partial charge in [0, 0.05) is 36.9 Å². The molecule has 11 nitrogen and oxygen atoms in total. The smallest absolute Gasteiger partial charge is 0.417 e. The van der Waals surface area contributed by atoms with E-state index in [1.165, 1.54) is 12.3 Å². The number of hydrogen-bond donors (Lipinski definition) is 4. The normalized spacial score (nSPS) is 15.3. The number of nitrogens with two attached hydrogens (primary N) is 1. The lowest BCUT2D eigenvalue weighted by Gasteiger charge is -2.34. The average molecular weight is 648 g/mol. The Morgan fingerprint density at radius 2 is 1.82 bits per heavy atom. The summed E-state index contributed by atoms with van der Waals surface area (Å²) < 4.78 is 44.7. The maximum atomic E-state index is 13.1. The van der Waals surface area contributed by atoms with Gasteiger partial charge in [-0.2, -0.15) is 13.2 Å². The van der Waals surface area contributed by atoms with Crippen LogP contribution in [0.1, 0.15) is 55.2 Å². The Morgan fingerprint density at radius 1 is 1.11 bits per heavy atom. The van der Waals surface area contributed by atoms with E-state index in [-0.39, 0.29) is 36.3 Å². The number of alkyl halides is 3. The first kappa shape index (κ1) is 33.3. The number of carbonyl (C=O) groups excluding carboxylic acids is 3. The van der Waals surface area contributed by atoms with E-state index in [9.17, 15) is 27.6 Å². The highest BCUT2D eigenvalue weighted by atomic mass is 35.5. The Morgan fingerprint density at radius 3 is 2.49 bits per heavy atom. The van der Waals surface area contributed by atoms with Crippen molar-refractivity contribution in [3.8, 4) is 11.3 Å². The van der Waals surface area contributed by atoms with Crippen molar-refractivity contribution < 1.29 is 32.3 Å². The number of rotatable bonds is 6. The molecule has 45 heavy (non-hydrogen) atoms. The SMILES string of the molecule is CC(C)(C)OC(=O)N1CCCC(NC(=O)c2nc(-c3ccc(CNC(=O)Nc4ccc(Cl)c(C(F)(F)F)c4)cc3)cnc2N)C1. The summed E-state index contributed by atoms with van der Waals surface area (Å²) in [4.78, 5) is 48.0. The standard InChI is InChI=1S/C30H33ClF3N7O4/c1-29(2,3)45-28(44)41-12-4-5-20(16-41)38-26(42)24-25(35)36-15-23(40-24)18-8-6-17(7-9-18)14-37-27(43)39-19-10-11-22(31)21(13-19)30(32,33)34/h6-11,13,15,20H,4-5,12,14,16H2,1-3H3,(H2,35,36)(H,38,42)(H2,37,39,43). The Bertz CT molecular complexity index is 1560. The van der Waals surface area contributed by atoms with Gasteiger partial charge in [0.25, 0.3) is 5.91 Å². The Labute approximate surface area is 262 Å². The highest BCUT2D eigenvalue weighted by Crippen LogP contribution is 2.36. The van der Waals surface area contributed by atoms with Crippen molar-refractivity contribution in [2.24, 2.45) is 0 Å². The van der Waals surface area contributed by atoms with E-state index in [0.29, 0.717) is 36.2 Å². The Kier molecular flexibility index (Phi) is 10.1. The molecule has 1 aliphatic rings. The number of hydrogen-bond acceptors (Lipinski definition) is 7. The third kappa shape index (κ3) is 9.20. The van der Waals surface area contributed by atoms with Crippen molar-refractivity contribution in [1.82, 2.24) is 25.5 Å². The molecule has 4 rings (SSSR count). The van der Waals surface area contributed by atoms with Crippen LogP contribution >= 0.6 is 11.6 Å². The van der Waals surface area contributed by atoms with Crippen LogP contribution in [0.3, 0.4) is 0 Å². The van der Waals surface area contributed by atoms with E-state index in [2.05, 4.69) is 25.9 Å². The van der Waals surface area contributed by atoms with E-state index in [4.69, 9.17) is 22.1 Å². The molecule has 5 N–H and O–H groups in total. The molecular weight excluding hydrogens is 615 g/mol. The zero-order chi connectivity index (χ0) is 32.9. The van der Waals surface area contributed by atoms with Crippen LogP contribution in [0.4, 0.5) is 34.3 Å². The van der Waals surface area contributed by atoms with Gasteiger partial charge in [0.15, 0.2) is 11.5 Å². The molecule has 1 unspecified atom stereocenters. The van der Waals surface area contributed by atoms with Crippen molar-refractivity contribution in [1.29, 1.82) is 0 Å². The van der Waals surface area contributed by atoms with Gasteiger partial charge in [-0.15, -0.1) is 0 Å². The number of anilines is 2. The van der Waals surface area contributed by atoms with Crippen LogP contribution in [0.5, 0.6) is 0 Å². The molecular formula is C30H33ClF3N7O4. The highest BCUT2D eigenvalue weighted by Gasteiger charge is 2.33. The highest BCUT2D eigenvalue weighted by molar-refractivity contribution is 6.31. The summed E-state index contributed by atoms with van der Waals surface area (Å²) in [7, 11) is 0. The van der Waals surface area contributed by atoms with Crippen LogP contribution in [-0.2, 0) is 17.5 Å². The number of ether oxygens (including phenoxy) is 1. The summed E-state index contributed by atoms with van der Waals surface area (Å²) in [5, 5.41) is 7.35. The molecule has 3 aromatic rings. The first-order valence-electron chi connectivity index (χ1n) is 14.0. The summed E-state index contributed by atoms with van der Waals surface area (Å²) >= 11 is 5.62. The molecule has 1 atom stereocenters. The molecule has 0 aliphatic carbocycles. The summed E-state index contributed by atoms with van der Waals surface area (Å²) in [5.74, 6) is -0.571. The van der Waals surface area contributed by atoms with Crippen LogP contribution in [-0.4, -0.2) is 57.6 Å².